The van der Waals surface area contributed by atoms with Crippen LogP contribution in [0.15, 0.2) is 29.3 Å². The molecule has 11 heavy (non-hydrogen) atoms. The molecule has 0 radical (unpaired) electrons. The molecule has 1 aromatic carbocycles. The van der Waals surface area contributed by atoms with E-state index in [0.29, 0.717) is 0 Å². The fourth-order valence-electron chi connectivity index (χ4n) is 0.729. The first-order chi connectivity index (χ1) is 5.36. The largest absolute Gasteiger partial charge is 0.195 e. The van der Waals surface area contributed by atoms with Crippen LogP contribution in [0.5, 0.6) is 0 Å². The number of isothiocyanates is 1. The van der Waals surface area contributed by atoms with Gasteiger partial charge >= 0.3 is 0 Å². The number of thiol groups is 1. The third-order valence-corrected chi connectivity index (χ3v) is 1.75. The molecule has 0 amide bonds. The highest BCUT2D eigenvalue weighted by atomic mass is 32.1. The Hall–Kier alpha value is -0.630. The van der Waals surface area contributed by atoms with Crippen LogP contribution in [0.25, 0.3) is 0 Å². The molecule has 3 heteroatoms. The van der Waals surface area contributed by atoms with E-state index in [1.807, 2.05) is 24.3 Å². The summed E-state index contributed by atoms with van der Waals surface area (Å²) in [7, 11) is 0. The van der Waals surface area contributed by atoms with Gasteiger partial charge in [0, 0.05) is 5.75 Å². The van der Waals surface area contributed by atoms with Crippen LogP contribution >= 0.6 is 24.8 Å². The highest BCUT2D eigenvalue weighted by Crippen LogP contribution is 2.12. The summed E-state index contributed by atoms with van der Waals surface area (Å²) in [6, 6.07) is 7.73. The summed E-state index contributed by atoms with van der Waals surface area (Å²) in [5.41, 5.74) is 2.02. The second kappa shape index (κ2) is 4.29. The van der Waals surface area contributed by atoms with E-state index in [4.69, 9.17) is 0 Å². The Labute approximate surface area is 76.6 Å². The monoisotopic (exact) mass is 181 g/mol. The summed E-state index contributed by atoms with van der Waals surface area (Å²) in [4.78, 5) is 3.82. The third-order valence-electron chi connectivity index (χ3n) is 1.29. The molecule has 0 aromatic heterocycles. The maximum atomic E-state index is 4.46. The van der Waals surface area contributed by atoms with E-state index in [1.54, 1.807) is 0 Å². The lowest BCUT2D eigenvalue weighted by Gasteiger charge is -1.94. The van der Waals surface area contributed by atoms with Crippen molar-refractivity contribution < 1.29 is 0 Å². The molecule has 0 aliphatic carbocycles. The smallest absolute Gasteiger partial charge is 0.0739 e. The molecular formula is C8H7NS2. The first kappa shape index (κ1) is 8.47. The number of rotatable bonds is 2. The third kappa shape index (κ3) is 2.46. The highest BCUT2D eigenvalue weighted by Gasteiger charge is 1.88. The number of hydrogen-bond donors (Lipinski definition) is 1. The molecule has 0 saturated heterocycles. The molecule has 1 rings (SSSR count). The number of nitrogens with zero attached hydrogens (tertiary/aromatic N) is 1. The normalized spacial score (nSPS) is 8.82. The van der Waals surface area contributed by atoms with Crippen molar-refractivity contribution in [2.45, 2.75) is 5.75 Å². The molecule has 0 saturated carbocycles. The van der Waals surface area contributed by atoms with E-state index in [0.717, 1.165) is 11.4 Å². The van der Waals surface area contributed by atoms with Gasteiger partial charge in [-0.25, -0.2) is 0 Å². The van der Waals surface area contributed by atoms with Gasteiger partial charge in [0.1, 0.15) is 0 Å². The van der Waals surface area contributed by atoms with Crippen molar-refractivity contribution >= 4 is 35.7 Å². The zero-order valence-corrected chi connectivity index (χ0v) is 7.53. The molecule has 0 atom stereocenters. The molecule has 0 fully saturated rings. The second-order valence-electron chi connectivity index (χ2n) is 2.03. The Balaban J connectivity index is 2.91. The molecular weight excluding hydrogens is 174 g/mol. The maximum Gasteiger partial charge on any atom is 0.0739 e. The van der Waals surface area contributed by atoms with Crippen molar-refractivity contribution in [3.63, 3.8) is 0 Å². The number of aliphatic imine (C=N–C) groups is 1. The first-order valence-corrected chi connectivity index (χ1v) is 4.18. The average Bonchev–Trinajstić information content (AvgIpc) is 2.07. The Bertz CT molecular complexity index is 273. The summed E-state index contributed by atoms with van der Waals surface area (Å²) < 4.78 is 0. The quantitative estimate of drug-likeness (QED) is 0.420. The van der Waals surface area contributed by atoms with Crippen molar-refractivity contribution in [3.8, 4) is 0 Å². The molecule has 0 bridgehead atoms. The van der Waals surface area contributed by atoms with Crippen molar-refractivity contribution in [1.29, 1.82) is 0 Å². The fourth-order valence-corrected chi connectivity index (χ4v) is 1.04. The molecule has 0 aliphatic rings. The summed E-state index contributed by atoms with van der Waals surface area (Å²) >= 11 is 8.59. The van der Waals surface area contributed by atoms with E-state index >= 15 is 0 Å². The minimum atomic E-state index is 0.752. The molecule has 56 valence electrons. The Kier molecular flexibility index (Phi) is 3.30. The van der Waals surface area contributed by atoms with E-state index in [1.165, 1.54) is 5.56 Å². The standard InChI is InChI=1S/C8H7NS2/c10-5-7-1-3-8(4-2-7)9-6-11/h1-4,10H,5H2. The van der Waals surface area contributed by atoms with E-state index in [9.17, 15) is 0 Å². The van der Waals surface area contributed by atoms with Crippen LogP contribution in [-0.4, -0.2) is 5.16 Å². The van der Waals surface area contributed by atoms with E-state index in [-0.39, 0.29) is 0 Å². The van der Waals surface area contributed by atoms with Gasteiger partial charge < -0.3 is 0 Å². The van der Waals surface area contributed by atoms with Crippen LogP contribution in [0.1, 0.15) is 5.56 Å². The fraction of sp³-hybridized carbons (Fsp3) is 0.125. The van der Waals surface area contributed by atoms with Gasteiger partial charge in [0.15, 0.2) is 0 Å². The van der Waals surface area contributed by atoms with Gasteiger partial charge in [-0.2, -0.15) is 17.6 Å². The molecule has 0 heterocycles. The Morgan fingerprint density at radius 1 is 1.36 bits per heavy atom. The Morgan fingerprint density at radius 2 is 2.00 bits per heavy atom. The molecule has 1 aromatic rings. The number of hydrogen-bond acceptors (Lipinski definition) is 3. The maximum absolute atomic E-state index is 4.46. The number of benzene rings is 1. The zero-order valence-electron chi connectivity index (χ0n) is 5.82. The van der Waals surface area contributed by atoms with Crippen LogP contribution in [0.4, 0.5) is 5.69 Å². The Morgan fingerprint density at radius 3 is 2.45 bits per heavy atom. The van der Waals surface area contributed by atoms with Crippen LogP contribution in [0, 0.1) is 0 Å². The SMILES string of the molecule is S=C=Nc1ccc(CS)cc1. The molecule has 0 aliphatic heterocycles. The van der Waals surface area contributed by atoms with Gasteiger partial charge in [0.05, 0.1) is 10.8 Å². The van der Waals surface area contributed by atoms with Gasteiger partial charge in [-0.3, -0.25) is 0 Å². The molecule has 1 nitrogen and oxygen atoms in total. The van der Waals surface area contributed by atoms with E-state index < -0.39 is 0 Å². The summed E-state index contributed by atoms with van der Waals surface area (Å²) in [5, 5.41) is 2.31. The van der Waals surface area contributed by atoms with Crippen LogP contribution in [-0.2, 0) is 5.75 Å². The lowest BCUT2D eigenvalue weighted by atomic mass is 10.2. The highest BCUT2D eigenvalue weighted by molar-refractivity contribution is 7.79. The van der Waals surface area contributed by atoms with Crippen LogP contribution < -0.4 is 0 Å². The molecule has 0 N–H and O–H groups in total. The summed E-state index contributed by atoms with van der Waals surface area (Å²) in [6.45, 7) is 0. The summed E-state index contributed by atoms with van der Waals surface area (Å²) in [5.74, 6) is 0.752. The van der Waals surface area contributed by atoms with Gasteiger partial charge in [0.25, 0.3) is 0 Å². The predicted octanol–water partition coefficient (Wildman–Crippen LogP) is 2.85. The minimum absolute atomic E-state index is 0.752. The van der Waals surface area contributed by atoms with Gasteiger partial charge in [-0.15, -0.1) is 0 Å². The minimum Gasteiger partial charge on any atom is -0.195 e. The number of thiocarbonyl (C=S) groups is 1. The lowest BCUT2D eigenvalue weighted by Crippen LogP contribution is -1.73. The average molecular weight is 181 g/mol. The predicted molar refractivity (Wildman–Crippen MR) is 53.8 cm³/mol. The first-order valence-electron chi connectivity index (χ1n) is 3.14. The topological polar surface area (TPSA) is 12.4 Å². The molecule has 0 unspecified atom stereocenters. The second-order valence-corrected chi connectivity index (χ2v) is 2.53. The lowest BCUT2D eigenvalue weighted by molar-refractivity contribution is 1.41. The van der Waals surface area contributed by atoms with Crippen LogP contribution in [0.3, 0.4) is 0 Å². The van der Waals surface area contributed by atoms with Crippen LogP contribution in [0.2, 0.25) is 0 Å². The summed E-state index contributed by atoms with van der Waals surface area (Å²) in [6.07, 6.45) is 0. The van der Waals surface area contributed by atoms with Gasteiger partial charge in [0.2, 0.25) is 0 Å². The molecule has 0 spiro atoms. The zero-order chi connectivity index (χ0) is 8.10. The van der Waals surface area contributed by atoms with Gasteiger partial charge in [-0.1, -0.05) is 12.1 Å². The van der Waals surface area contributed by atoms with Crippen molar-refractivity contribution in [2.24, 2.45) is 4.99 Å². The van der Waals surface area contributed by atoms with Crippen molar-refractivity contribution in [1.82, 2.24) is 0 Å². The van der Waals surface area contributed by atoms with Crippen molar-refractivity contribution in [2.75, 3.05) is 0 Å². The van der Waals surface area contributed by atoms with Gasteiger partial charge in [-0.05, 0) is 29.9 Å². The van der Waals surface area contributed by atoms with Crippen molar-refractivity contribution in [3.05, 3.63) is 29.8 Å². The van der Waals surface area contributed by atoms with E-state index in [2.05, 4.69) is 35.0 Å².